The molecule has 6 heteroatoms. The fourth-order valence-electron chi connectivity index (χ4n) is 3.80. The molecule has 1 aromatic carbocycles. The molecule has 0 amide bonds. The van der Waals surface area contributed by atoms with Crippen LogP contribution in [0.1, 0.15) is 31.2 Å². The van der Waals surface area contributed by atoms with Gasteiger partial charge in [0.1, 0.15) is 5.75 Å². The SMILES string of the molecule is COc1ccc(S(=O)(=O)N2C3CCC2CC(OC)C3)cc1C. The van der Waals surface area contributed by atoms with Crippen molar-refractivity contribution in [2.45, 2.75) is 55.7 Å². The smallest absolute Gasteiger partial charge is 0.243 e. The first kappa shape index (κ1) is 15.8. The van der Waals surface area contributed by atoms with Gasteiger partial charge in [0.15, 0.2) is 0 Å². The molecule has 2 aliphatic heterocycles. The molecular weight excluding hydrogens is 302 g/mol. The van der Waals surface area contributed by atoms with Gasteiger partial charge in [-0.15, -0.1) is 0 Å². The van der Waals surface area contributed by atoms with Crippen molar-refractivity contribution in [3.63, 3.8) is 0 Å². The number of sulfonamides is 1. The first-order valence-corrected chi connectivity index (χ1v) is 9.12. The molecule has 0 aromatic heterocycles. The van der Waals surface area contributed by atoms with Gasteiger partial charge in [-0.2, -0.15) is 4.31 Å². The van der Waals surface area contributed by atoms with Crippen molar-refractivity contribution in [2.24, 2.45) is 0 Å². The molecule has 5 nitrogen and oxygen atoms in total. The van der Waals surface area contributed by atoms with Crippen molar-refractivity contribution in [1.29, 1.82) is 0 Å². The van der Waals surface area contributed by atoms with Crippen molar-refractivity contribution in [3.05, 3.63) is 23.8 Å². The van der Waals surface area contributed by atoms with Gasteiger partial charge in [-0.1, -0.05) is 0 Å². The molecule has 2 unspecified atom stereocenters. The summed E-state index contributed by atoms with van der Waals surface area (Å²) in [6, 6.07) is 5.21. The average molecular weight is 325 g/mol. The fourth-order valence-corrected chi connectivity index (χ4v) is 5.78. The Morgan fingerprint density at radius 1 is 1.14 bits per heavy atom. The molecule has 1 aromatic rings. The molecule has 0 N–H and O–H groups in total. The first-order chi connectivity index (χ1) is 10.5. The summed E-state index contributed by atoms with van der Waals surface area (Å²) in [6.45, 7) is 1.86. The van der Waals surface area contributed by atoms with Crippen molar-refractivity contribution in [1.82, 2.24) is 4.31 Å². The maximum Gasteiger partial charge on any atom is 0.243 e. The van der Waals surface area contributed by atoms with Gasteiger partial charge in [-0.05, 0) is 56.4 Å². The van der Waals surface area contributed by atoms with Gasteiger partial charge >= 0.3 is 0 Å². The largest absolute Gasteiger partial charge is 0.496 e. The molecule has 2 aliphatic rings. The Labute approximate surface area is 132 Å². The summed E-state index contributed by atoms with van der Waals surface area (Å²) in [4.78, 5) is 0.360. The van der Waals surface area contributed by atoms with Crippen LogP contribution in [0.2, 0.25) is 0 Å². The molecule has 0 spiro atoms. The summed E-state index contributed by atoms with van der Waals surface area (Å²) in [7, 11) is -0.156. The van der Waals surface area contributed by atoms with Crippen LogP contribution >= 0.6 is 0 Å². The van der Waals surface area contributed by atoms with Crippen molar-refractivity contribution >= 4 is 10.0 Å². The monoisotopic (exact) mass is 325 g/mol. The average Bonchev–Trinajstić information content (AvgIpc) is 2.79. The summed E-state index contributed by atoms with van der Waals surface area (Å²) in [6.07, 6.45) is 3.63. The van der Waals surface area contributed by atoms with E-state index >= 15 is 0 Å². The summed E-state index contributed by atoms with van der Waals surface area (Å²) < 4.78 is 38.5. The minimum Gasteiger partial charge on any atom is -0.496 e. The van der Waals surface area contributed by atoms with E-state index < -0.39 is 10.0 Å². The third kappa shape index (κ3) is 2.53. The van der Waals surface area contributed by atoms with E-state index in [1.54, 1.807) is 36.7 Å². The zero-order valence-electron chi connectivity index (χ0n) is 13.3. The topological polar surface area (TPSA) is 55.8 Å². The molecule has 0 saturated carbocycles. The van der Waals surface area contributed by atoms with E-state index in [4.69, 9.17) is 9.47 Å². The van der Waals surface area contributed by atoms with Crippen LogP contribution in [0.5, 0.6) is 5.75 Å². The van der Waals surface area contributed by atoms with E-state index in [-0.39, 0.29) is 18.2 Å². The molecule has 0 radical (unpaired) electrons. The lowest BCUT2D eigenvalue weighted by Gasteiger charge is -2.37. The first-order valence-electron chi connectivity index (χ1n) is 7.68. The third-order valence-corrected chi connectivity index (χ3v) is 6.90. The number of fused-ring (bicyclic) bond motifs is 2. The lowest BCUT2D eigenvalue weighted by Crippen LogP contribution is -2.48. The number of methoxy groups -OCH3 is 2. The number of piperidine rings is 1. The van der Waals surface area contributed by atoms with Crippen LogP contribution < -0.4 is 4.74 Å². The maximum atomic E-state index is 13.0. The third-order valence-electron chi connectivity index (χ3n) is 4.90. The Hall–Kier alpha value is -1.11. The normalized spacial score (nSPS) is 28.8. The minimum absolute atomic E-state index is 0.0658. The maximum absolute atomic E-state index is 13.0. The molecule has 2 bridgehead atoms. The Balaban J connectivity index is 1.92. The van der Waals surface area contributed by atoms with Crippen LogP contribution in [-0.4, -0.2) is 45.1 Å². The number of rotatable bonds is 4. The number of hydrogen-bond donors (Lipinski definition) is 0. The lowest BCUT2D eigenvalue weighted by atomic mass is 10.0. The van der Waals surface area contributed by atoms with Crippen molar-refractivity contribution < 1.29 is 17.9 Å². The summed E-state index contributed by atoms with van der Waals surface area (Å²) in [5, 5.41) is 0. The number of benzene rings is 1. The highest BCUT2D eigenvalue weighted by atomic mass is 32.2. The molecule has 2 heterocycles. The molecule has 2 saturated heterocycles. The highest BCUT2D eigenvalue weighted by Gasteiger charge is 2.47. The fraction of sp³-hybridized carbons (Fsp3) is 0.625. The van der Waals surface area contributed by atoms with Crippen LogP contribution in [-0.2, 0) is 14.8 Å². The summed E-state index contributed by atoms with van der Waals surface area (Å²) in [5.41, 5.74) is 0.836. The van der Waals surface area contributed by atoms with Crippen LogP contribution in [0.15, 0.2) is 23.1 Å². The van der Waals surface area contributed by atoms with Gasteiger partial charge in [0.25, 0.3) is 0 Å². The summed E-state index contributed by atoms with van der Waals surface area (Å²) in [5.74, 6) is 0.708. The molecule has 0 aliphatic carbocycles. The van der Waals surface area contributed by atoms with Gasteiger partial charge in [-0.3, -0.25) is 0 Å². The van der Waals surface area contributed by atoms with Gasteiger partial charge in [0, 0.05) is 19.2 Å². The van der Waals surface area contributed by atoms with Crippen molar-refractivity contribution in [2.75, 3.05) is 14.2 Å². The van der Waals surface area contributed by atoms with E-state index in [2.05, 4.69) is 0 Å². The van der Waals surface area contributed by atoms with Crippen molar-refractivity contribution in [3.8, 4) is 5.75 Å². The molecule has 3 rings (SSSR count). The van der Waals surface area contributed by atoms with Gasteiger partial charge in [0.2, 0.25) is 10.0 Å². The Kier molecular flexibility index (Phi) is 4.18. The molecule has 22 heavy (non-hydrogen) atoms. The quantitative estimate of drug-likeness (QED) is 0.852. The van der Waals surface area contributed by atoms with Gasteiger partial charge in [-0.25, -0.2) is 8.42 Å². The van der Waals surface area contributed by atoms with Crippen LogP contribution in [0.25, 0.3) is 0 Å². The van der Waals surface area contributed by atoms with E-state index in [0.29, 0.717) is 10.6 Å². The molecule has 122 valence electrons. The minimum atomic E-state index is -3.45. The Morgan fingerprint density at radius 2 is 1.77 bits per heavy atom. The highest BCUT2D eigenvalue weighted by molar-refractivity contribution is 7.89. The lowest BCUT2D eigenvalue weighted by molar-refractivity contribution is 0.0349. The van der Waals surface area contributed by atoms with Crippen LogP contribution in [0, 0.1) is 6.92 Å². The predicted molar refractivity (Wildman–Crippen MR) is 83.6 cm³/mol. The van der Waals surface area contributed by atoms with E-state index in [1.165, 1.54) is 0 Å². The second-order valence-corrected chi connectivity index (χ2v) is 8.02. The zero-order valence-corrected chi connectivity index (χ0v) is 14.1. The standard InChI is InChI=1S/C16H23NO4S/c1-11-8-15(6-7-16(11)21-3)22(18,19)17-12-4-5-13(17)10-14(9-12)20-2/h6-8,12-14H,4-5,9-10H2,1-3H3. The van der Waals surface area contributed by atoms with Crippen LogP contribution in [0.3, 0.4) is 0 Å². The van der Waals surface area contributed by atoms with E-state index in [1.807, 2.05) is 6.92 Å². The summed E-state index contributed by atoms with van der Waals surface area (Å²) >= 11 is 0. The zero-order chi connectivity index (χ0) is 15.9. The van der Waals surface area contributed by atoms with Gasteiger partial charge in [0.05, 0.1) is 18.1 Å². The number of hydrogen-bond acceptors (Lipinski definition) is 4. The van der Waals surface area contributed by atoms with E-state index in [0.717, 1.165) is 31.2 Å². The second-order valence-electron chi connectivity index (χ2n) is 6.18. The number of aryl methyl sites for hydroxylation is 1. The predicted octanol–water partition coefficient (Wildman–Crippen LogP) is 2.33. The number of nitrogens with zero attached hydrogens (tertiary/aromatic N) is 1. The van der Waals surface area contributed by atoms with E-state index in [9.17, 15) is 8.42 Å². The Morgan fingerprint density at radius 3 is 2.27 bits per heavy atom. The second kappa shape index (κ2) is 5.83. The van der Waals surface area contributed by atoms with Crippen LogP contribution in [0.4, 0.5) is 0 Å². The Bertz CT molecular complexity index is 644. The molecule has 2 atom stereocenters. The molecule has 2 fully saturated rings. The van der Waals surface area contributed by atoms with Gasteiger partial charge < -0.3 is 9.47 Å². The molecular formula is C16H23NO4S. The highest BCUT2D eigenvalue weighted by Crippen LogP contribution is 2.40. The number of ether oxygens (including phenoxy) is 2.